The smallest absolute Gasteiger partial charge is 0.270 e. The number of para-hydroxylation sites is 1. The molecule has 1 saturated heterocycles. The van der Waals surface area contributed by atoms with Gasteiger partial charge in [0.05, 0.1) is 23.6 Å². The van der Waals surface area contributed by atoms with E-state index in [1.54, 1.807) is 30.3 Å². The van der Waals surface area contributed by atoms with Gasteiger partial charge in [0.25, 0.3) is 5.91 Å². The molecule has 0 aliphatic carbocycles. The minimum atomic E-state index is -3.52. The fraction of sp³-hybridized carbons (Fsp3) is 0.238. The molecule has 1 aliphatic rings. The molecule has 1 fully saturated rings. The number of nitrogens with zero attached hydrogens (tertiary/aromatic N) is 2. The lowest BCUT2D eigenvalue weighted by molar-refractivity contribution is 0.0730. The Morgan fingerprint density at radius 1 is 1.00 bits per heavy atom. The number of morpholine rings is 1. The van der Waals surface area contributed by atoms with Crippen LogP contribution in [0.5, 0.6) is 0 Å². The molecule has 8 heteroatoms. The van der Waals surface area contributed by atoms with Crippen molar-refractivity contribution in [3.8, 4) is 0 Å². The van der Waals surface area contributed by atoms with Crippen molar-refractivity contribution in [1.82, 2.24) is 14.6 Å². The summed E-state index contributed by atoms with van der Waals surface area (Å²) in [6.45, 7) is 1.82. The maximum absolute atomic E-state index is 12.6. The second kappa shape index (κ2) is 8.28. The van der Waals surface area contributed by atoms with Crippen LogP contribution in [0.3, 0.4) is 0 Å². The number of sulfonamides is 1. The standard InChI is InChI=1S/C21H21N3O4S/c25-21(20-10-7-17-3-1-2-4-19(17)23-20)22-15-16-5-8-18(9-6-16)29(26,27)24-11-13-28-14-12-24/h1-10H,11-15H2,(H,22,25). The largest absolute Gasteiger partial charge is 0.379 e. The monoisotopic (exact) mass is 411 g/mol. The summed E-state index contributed by atoms with van der Waals surface area (Å²) in [4.78, 5) is 17.0. The van der Waals surface area contributed by atoms with Gasteiger partial charge in [-0.15, -0.1) is 0 Å². The maximum atomic E-state index is 12.6. The van der Waals surface area contributed by atoms with E-state index in [9.17, 15) is 13.2 Å². The predicted molar refractivity (Wildman–Crippen MR) is 109 cm³/mol. The molecular formula is C21H21N3O4S. The van der Waals surface area contributed by atoms with Crippen LogP contribution in [0.1, 0.15) is 16.1 Å². The molecule has 7 nitrogen and oxygen atoms in total. The number of ether oxygens (including phenoxy) is 1. The molecule has 0 radical (unpaired) electrons. The average Bonchev–Trinajstić information content (AvgIpc) is 2.78. The number of nitrogens with one attached hydrogen (secondary N) is 1. The predicted octanol–water partition coefficient (Wildman–Crippen LogP) is 2.19. The summed E-state index contributed by atoms with van der Waals surface area (Å²) in [7, 11) is -3.52. The number of fused-ring (bicyclic) bond motifs is 1. The van der Waals surface area contributed by atoms with Crippen LogP contribution in [-0.4, -0.2) is 49.9 Å². The molecule has 1 N–H and O–H groups in total. The molecule has 0 saturated carbocycles. The summed E-state index contributed by atoms with van der Waals surface area (Å²) in [6, 6.07) is 17.7. The molecule has 4 rings (SSSR count). The minimum absolute atomic E-state index is 0.241. The van der Waals surface area contributed by atoms with Gasteiger partial charge < -0.3 is 10.1 Å². The molecule has 3 aromatic rings. The molecule has 29 heavy (non-hydrogen) atoms. The van der Waals surface area contributed by atoms with Crippen LogP contribution in [0.4, 0.5) is 0 Å². The van der Waals surface area contributed by atoms with Crippen LogP contribution in [0, 0.1) is 0 Å². The van der Waals surface area contributed by atoms with Crippen LogP contribution in [-0.2, 0) is 21.3 Å². The summed E-state index contributed by atoms with van der Waals surface area (Å²) in [5.41, 5.74) is 1.91. The fourth-order valence-electron chi connectivity index (χ4n) is 3.18. The van der Waals surface area contributed by atoms with E-state index in [1.165, 1.54) is 4.31 Å². The van der Waals surface area contributed by atoms with Crippen molar-refractivity contribution in [1.29, 1.82) is 0 Å². The van der Waals surface area contributed by atoms with E-state index in [0.717, 1.165) is 16.5 Å². The molecule has 0 spiro atoms. The fourth-order valence-corrected chi connectivity index (χ4v) is 4.59. The lowest BCUT2D eigenvalue weighted by Crippen LogP contribution is -2.40. The molecule has 1 amide bonds. The van der Waals surface area contributed by atoms with E-state index in [0.29, 0.717) is 32.0 Å². The Hall–Kier alpha value is -2.81. The molecule has 0 unspecified atom stereocenters. The van der Waals surface area contributed by atoms with Gasteiger partial charge in [0.1, 0.15) is 5.69 Å². The van der Waals surface area contributed by atoms with Gasteiger partial charge in [-0.25, -0.2) is 13.4 Å². The zero-order valence-electron chi connectivity index (χ0n) is 15.7. The molecular weight excluding hydrogens is 390 g/mol. The van der Waals surface area contributed by atoms with Gasteiger partial charge in [0, 0.05) is 25.0 Å². The highest BCUT2D eigenvalue weighted by molar-refractivity contribution is 7.89. The van der Waals surface area contributed by atoms with E-state index >= 15 is 0 Å². The number of amides is 1. The Kier molecular flexibility index (Phi) is 5.57. The zero-order chi connectivity index (χ0) is 20.3. The summed E-state index contributed by atoms with van der Waals surface area (Å²) in [5, 5.41) is 3.80. The quantitative estimate of drug-likeness (QED) is 0.695. The normalized spacial score (nSPS) is 15.3. The van der Waals surface area contributed by atoms with Crippen molar-refractivity contribution in [2.45, 2.75) is 11.4 Å². The number of hydrogen-bond donors (Lipinski definition) is 1. The number of rotatable bonds is 5. The lowest BCUT2D eigenvalue weighted by atomic mass is 10.2. The number of pyridine rings is 1. The second-order valence-corrected chi connectivity index (χ2v) is 8.67. The van der Waals surface area contributed by atoms with E-state index in [-0.39, 0.29) is 17.3 Å². The van der Waals surface area contributed by atoms with Crippen LogP contribution in [0.2, 0.25) is 0 Å². The minimum Gasteiger partial charge on any atom is -0.379 e. The van der Waals surface area contributed by atoms with Gasteiger partial charge in [-0.2, -0.15) is 4.31 Å². The van der Waals surface area contributed by atoms with Crippen LogP contribution in [0.15, 0.2) is 65.6 Å². The van der Waals surface area contributed by atoms with Crippen molar-refractivity contribution < 1.29 is 17.9 Å². The first-order valence-corrected chi connectivity index (χ1v) is 10.8. The molecule has 0 bridgehead atoms. The Bertz CT molecular complexity index is 1120. The van der Waals surface area contributed by atoms with Gasteiger partial charge in [0.15, 0.2) is 0 Å². The average molecular weight is 411 g/mol. The van der Waals surface area contributed by atoms with Crippen LogP contribution >= 0.6 is 0 Å². The van der Waals surface area contributed by atoms with Gasteiger partial charge in [-0.05, 0) is 29.8 Å². The summed E-state index contributed by atoms with van der Waals surface area (Å²) in [6.07, 6.45) is 0. The van der Waals surface area contributed by atoms with E-state index in [4.69, 9.17) is 4.74 Å². The summed E-state index contributed by atoms with van der Waals surface area (Å²) in [5.74, 6) is -0.277. The topological polar surface area (TPSA) is 88.6 Å². The van der Waals surface area contributed by atoms with Gasteiger partial charge in [-0.3, -0.25) is 4.79 Å². The van der Waals surface area contributed by atoms with Crippen molar-refractivity contribution in [2.24, 2.45) is 0 Å². The first-order chi connectivity index (χ1) is 14.0. The van der Waals surface area contributed by atoms with E-state index in [1.807, 2.05) is 30.3 Å². The van der Waals surface area contributed by atoms with Crippen molar-refractivity contribution >= 4 is 26.8 Å². The molecule has 2 aromatic carbocycles. The van der Waals surface area contributed by atoms with E-state index in [2.05, 4.69) is 10.3 Å². The number of benzene rings is 2. The third-order valence-corrected chi connectivity index (χ3v) is 6.73. The summed E-state index contributed by atoms with van der Waals surface area (Å²) >= 11 is 0. The molecule has 0 atom stereocenters. The van der Waals surface area contributed by atoms with Crippen molar-refractivity contribution in [3.05, 3.63) is 71.9 Å². The molecule has 2 heterocycles. The third kappa shape index (κ3) is 4.29. The maximum Gasteiger partial charge on any atom is 0.270 e. The molecule has 1 aliphatic heterocycles. The van der Waals surface area contributed by atoms with Gasteiger partial charge in [-0.1, -0.05) is 36.4 Å². The van der Waals surface area contributed by atoms with Crippen molar-refractivity contribution in [2.75, 3.05) is 26.3 Å². The van der Waals surface area contributed by atoms with Gasteiger partial charge >= 0.3 is 0 Å². The Balaban J connectivity index is 1.41. The lowest BCUT2D eigenvalue weighted by Gasteiger charge is -2.26. The highest BCUT2D eigenvalue weighted by atomic mass is 32.2. The van der Waals surface area contributed by atoms with E-state index < -0.39 is 10.0 Å². The first kappa shape index (κ1) is 19.5. The number of carbonyl (C=O) groups is 1. The number of hydrogen-bond acceptors (Lipinski definition) is 5. The molecule has 1 aromatic heterocycles. The highest BCUT2D eigenvalue weighted by Crippen LogP contribution is 2.18. The Morgan fingerprint density at radius 3 is 2.48 bits per heavy atom. The van der Waals surface area contributed by atoms with Crippen LogP contribution < -0.4 is 5.32 Å². The SMILES string of the molecule is O=C(NCc1ccc(S(=O)(=O)N2CCOCC2)cc1)c1ccc2ccccc2n1. The molecule has 150 valence electrons. The zero-order valence-corrected chi connectivity index (χ0v) is 16.6. The highest BCUT2D eigenvalue weighted by Gasteiger charge is 2.26. The van der Waals surface area contributed by atoms with Crippen molar-refractivity contribution in [3.63, 3.8) is 0 Å². The summed E-state index contributed by atoms with van der Waals surface area (Å²) < 4.78 is 31.9. The first-order valence-electron chi connectivity index (χ1n) is 9.35. The second-order valence-electron chi connectivity index (χ2n) is 6.73. The van der Waals surface area contributed by atoms with Gasteiger partial charge in [0.2, 0.25) is 10.0 Å². The van der Waals surface area contributed by atoms with Crippen LogP contribution in [0.25, 0.3) is 10.9 Å². The number of aromatic nitrogens is 1. The number of carbonyl (C=O) groups excluding carboxylic acids is 1. The third-order valence-electron chi connectivity index (χ3n) is 4.82. The Labute approximate surface area is 169 Å². The Morgan fingerprint density at radius 2 is 1.72 bits per heavy atom.